The summed E-state index contributed by atoms with van der Waals surface area (Å²) in [4.78, 5) is 5.42. The van der Waals surface area contributed by atoms with Crippen molar-refractivity contribution >= 4 is 66.9 Å². The molecule has 4 heteroatoms. The zero-order chi connectivity index (χ0) is 39.4. The van der Waals surface area contributed by atoms with E-state index < -0.39 is 10.8 Å². The number of hydrogen-bond acceptors (Lipinski definition) is 4. The van der Waals surface area contributed by atoms with Crippen molar-refractivity contribution in [1.82, 2.24) is 0 Å². The van der Waals surface area contributed by atoms with E-state index in [0.29, 0.717) is 0 Å². The van der Waals surface area contributed by atoms with Crippen molar-refractivity contribution in [3.05, 3.63) is 245 Å². The molecule has 13 rings (SSSR count). The van der Waals surface area contributed by atoms with Crippen LogP contribution in [0.25, 0.3) is 66.1 Å². The molecular formula is C56H34S4. The third-order valence-corrected chi connectivity index (χ3v) is 17.1. The van der Waals surface area contributed by atoms with Crippen LogP contribution in [0.5, 0.6) is 0 Å². The van der Waals surface area contributed by atoms with Crippen LogP contribution in [-0.2, 0) is 10.8 Å². The molecule has 0 spiro atoms. The van der Waals surface area contributed by atoms with Crippen LogP contribution in [0.15, 0.2) is 204 Å². The lowest BCUT2D eigenvalue weighted by atomic mass is 9.73. The third kappa shape index (κ3) is 4.54. The summed E-state index contributed by atoms with van der Waals surface area (Å²) in [6.07, 6.45) is 0. The summed E-state index contributed by atoms with van der Waals surface area (Å²) in [5.41, 5.74) is 14.9. The fourth-order valence-corrected chi connectivity index (χ4v) is 14.9. The minimum atomic E-state index is -0.420. The van der Waals surface area contributed by atoms with Gasteiger partial charge >= 0.3 is 0 Å². The van der Waals surface area contributed by atoms with E-state index in [1.54, 1.807) is 0 Å². The zero-order valence-corrected chi connectivity index (χ0v) is 35.5. The SMILES string of the molecule is c1ccc(-c2c3cc4c(cc3c(-c3ccccc3)c3cc5c(cc23)C(c2cccs2)(c2cccs2)c2ccccc2-5)C(c2cccs2)(c2cccs2)c2ccccc2-4)cc1. The molecule has 2 aliphatic rings. The minimum Gasteiger partial charge on any atom is -0.147 e. The summed E-state index contributed by atoms with van der Waals surface area (Å²) in [5.74, 6) is 0. The summed E-state index contributed by atoms with van der Waals surface area (Å²) in [7, 11) is 0. The quantitative estimate of drug-likeness (QED) is 0.146. The van der Waals surface area contributed by atoms with Crippen molar-refractivity contribution in [2.75, 3.05) is 0 Å². The highest BCUT2D eigenvalue weighted by atomic mass is 32.1. The Hall–Kier alpha value is -6.14. The molecule has 0 radical (unpaired) electrons. The standard InChI is InChI=1S/C56H34S4/c1-3-15-35(16-4-1)53-41-31-39-37-19-7-9-21-45(37)56(51-25-13-29-59-51,52-26-14-30-60-52)48(39)34-44(41)54(36-17-5-2-6-18-36)42-32-40-38-20-8-10-22-46(38)55(47(40)33-43(42)53,49-23-11-27-57-49)50-24-12-28-58-50/h1-34H. The molecule has 0 fully saturated rings. The molecule has 0 saturated carbocycles. The maximum atomic E-state index is 2.60. The molecule has 0 bridgehead atoms. The van der Waals surface area contributed by atoms with Crippen LogP contribution in [0.3, 0.4) is 0 Å². The van der Waals surface area contributed by atoms with E-state index in [2.05, 4.69) is 204 Å². The van der Waals surface area contributed by atoms with Crippen molar-refractivity contribution in [2.24, 2.45) is 0 Å². The fourth-order valence-electron chi connectivity index (χ4n) is 10.9. The van der Waals surface area contributed by atoms with Gasteiger partial charge in [-0.05, 0) is 158 Å². The molecule has 11 aromatic rings. The van der Waals surface area contributed by atoms with Gasteiger partial charge in [0.1, 0.15) is 0 Å². The van der Waals surface area contributed by atoms with Gasteiger partial charge in [-0.2, -0.15) is 0 Å². The number of benzene rings is 7. The van der Waals surface area contributed by atoms with Gasteiger partial charge in [-0.3, -0.25) is 0 Å². The van der Waals surface area contributed by atoms with Gasteiger partial charge in [0, 0.05) is 19.5 Å². The van der Waals surface area contributed by atoms with Crippen LogP contribution in [0.4, 0.5) is 0 Å². The van der Waals surface area contributed by atoms with Gasteiger partial charge in [0.05, 0.1) is 10.8 Å². The molecule has 4 aromatic heterocycles. The van der Waals surface area contributed by atoms with E-state index in [9.17, 15) is 0 Å². The molecule has 60 heavy (non-hydrogen) atoms. The highest BCUT2D eigenvalue weighted by Crippen LogP contribution is 2.62. The third-order valence-electron chi connectivity index (χ3n) is 13.1. The lowest BCUT2D eigenvalue weighted by Gasteiger charge is -2.32. The summed E-state index contributed by atoms with van der Waals surface area (Å²) in [6.45, 7) is 0. The first-order valence-electron chi connectivity index (χ1n) is 20.4. The topological polar surface area (TPSA) is 0 Å². The summed E-state index contributed by atoms with van der Waals surface area (Å²) in [6, 6.07) is 69.3. The molecular weight excluding hydrogens is 801 g/mol. The Bertz CT molecular complexity index is 3090. The van der Waals surface area contributed by atoms with Gasteiger partial charge < -0.3 is 0 Å². The average molecular weight is 835 g/mol. The van der Waals surface area contributed by atoms with Crippen molar-refractivity contribution in [1.29, 1.82) is 0 Å². The number of hydrogen-bond donors (Lipinski definition) is 0. The molecule has 0 unspecified atom stereocenters. The highest BCUT2D eigenvalue weighted by molar-refractivity contribution is 7.12. The lowest BCUT2D eigenvalue weighted by molar-refractivity contribution is 0.809. The molecule has 0 nitrogen and oxygen atoms in total. The summed E-state index contributed by atoms with van der Waals surface area (Å²) >= 11 is 7.46. The van der Waals surface area contributed by atoms with Crippen molar-refractivity contribution in [2.45, 2.75) is 10.8 Å². The van der Waals surface area contributed by atoms with Gasteiger partial charge in [0.25, 0.3) is 0 Å². The Labute approximate surface area is 365 Å². The van der Waals surface area contributed by atoms with Gasteiger partial charge in [-0.1, -0.05) is 133 Å². The predicted octanol–water partition coefficient (Wildman–Crippen LogP) is 16.3. The van der Waals surface area contributed by atoms with E-state index in [-0.39, 0.29) is 0 Å². The maximum absolute atomic E-state index is 2.60. The van der Waals surface area contributed by atoms with E-state index >= 15 is 0 Å². The fraction of sp³-hybridized carbons (Fsp3) is 0.0357. The Balaban J connectivity index is 1.25. The van der Waals surface area contributed by atoms with Crippen LogP contribution >= 0.6 is 45.3 Å². The summed E-state index contributed by atoms with van der Waals surface area (Å²) in [5, 5.41) is 14.1. The molecule has 7 aromatic carbocycles. The van der Waals surface area contributed by atoms with Crippen LogP contribution in [0, 0.1) is 0 Å². The predicted molar refractivity (Wildman–Crippen MR) is 258 cm³/mol. The highest BCUT2D eigenvalue weighted by Gasteiger charge is 2.50. The van der Waals surface area contributed by atoms with E-state index in [4.69, 9.17) is 0 Å². The second-order valence-corrected chi connectivity index (χ2v) is 19.7. The largest absolute Gasteiger partial charge is 0.147 e. The number of fused-ring (bicyclic) bond motifs is 8. The monoisotopic (exact) mass is 834 g/mol. The molecule has 0 amide bonds. The second kappa shape index (κ2) is 13.2. The van der Waals surface area contributed by atoms with Crippen LogP contribution < -0.4 is 0 Å². The van der Waals surface area contributed by atoms with E-state index in [1.165, 1.54) is 108 Å². The Morgan fingerprint density at radius 2 is 0.600 bits per heavy atom. The normalized spacial score (nSPS) is 14.3. The molecule has 0 saturated heterocycles. The minimum absolute atomic E-state index is 0.420. The number of rotatable bonds is 6. The first-order chi connectivity index (χ1) is 29.8. The van der Waals surface area contributed by atoms with Gasteiger partial charge in [0.15, 0.2) is 0 Å². The first-order valence-corrected chi connectivity index (χ1v) is 23.9. The van der Waals surface area contributed by atoms with Crippen LogP contribution in [0.2, 0.25) is 0 Å². The molecule has 2 aliphatic carbocycles. The number of thiophene rings is 4. The second-order valence-electron chi connectivity index (χ2n) is 15.9. The Morgan fingerprint density at radius 1 is 0.267 bits per heavy atom. The molecule has 0 N–H and O–H groups in total. The molecule has 0 atom stereocenters. The Morgan fingerprint density at radius 3 is 0.950 bits per heavy atom. The van der Waals surface area contributed by atoms with Crippen LogP contribution in [-0.4, -0.2) is 0 Å². The maximum Gasteiger partial charge on any atom is 0.0899 e. The van der Waals surface area contributed by atoms with E-state index in [1.807, 2.05) is 45.3 Å². The summed E-state index contributed by atoms with van der Waals surface area (Å²) < 4.78 is 0. The van der Waals surface area contributed by atoms with Gasteiger partial charge in [-0.25, -0.2) is 0 Å². The zero-order valence-electron chi connectivity index (χ0n) is 32.3. The Kier molecular flexibility index (Phi) is 7.62. The lowest BCUT2D eigenvalue weighted by Crippen LogP contribution is -2.26. The van der Waals surface area contributed by atoms with E-state index in [0.717, 1.165) is 0 Å². The smallest absolute Gasteiger partial charge is 0.0899 e. The van der Waals surface area contributed by atoms with Crippen molar-refractivity contribution in [3.8, 4) is 44.5 Å². The van der Waals surface area contributed by atoms with Crippen molar-refractivity contribution < 1.29 is 0 Å². The van der Waals surface area contributed by atoms with Crippen LogP contribution in [0.1, 0.15) is 41.8 Å². The molecule has 282 valence electrons. The van der Waals surface area contributed by atoms with Crippen molar-refractivity contribution in [3.63, 3.8) is 0 Å². The van der Waals surface area contributed by atoms with Gasteiger partial charge in [-0.15, -0.1) is 45.3 Å². The van der Waals surface area contributed by atoms with Gasteiger partial charge in [0.2, 0.25) is 0 Å². The first kappa shape index (κ1) is 34.7. The molecule has 0 aliphatic heterocycles. The average Bonchev–Trinajstić information content (AvgIpc) is 4.17. The molecule has 4 heterocycles.